The van der Waals surface area contributed by atoms with Crippen molar-refractivity contribution in [2.24, 2.45) is 11.8 Å². The van der Waals surface area contributed by atoms with E-state index in [-0.39, 0.29) is 11.8 Å². The molecule has 42 heavy (non-hydrogen) atoms. The monoisotopic (exact) mass is 599 g/mol. The Labute approximate surface area is 248 Å². The fraction of sp³-hybridized carbons (Fsp3) is 0.750. The summed E-state index contributed by atoms with van der Waals surface area (Å²) in [5.74, 6) is 4.51. The summed E-state index contributed by atoms with van der Waals surface area (Å²) in [6.07, 6.45) is 18.9. The normalized spacial score (nSPS) is 18.7. The van der Waals surface area contributed by atoms with E-state index in [0.717, 1.165) is 31.4 Å². The van der Waals surface area contributed by atoms with Crippen LogP contribution in [0.2, 0.25) is 0 Å². The number of nitrogens with two attached hydrogens (primary N) is 1. The first-order valence-corrected chi connectivity index (χ1v) is 15.7. The zero-order valence-electron chi connectivity index (χ0n) is 25.1. The zero-order valence-corrected chi connectivity index (χ0v) is 25.1. The highest BCUT2D eigenvalue weighted by atomic mass is 19.3. The molecule has 2 rings (SSSR count). The molecule has 0 bridgehead atoms. The van der Waals surface area contributed by atoms with E-state index >= 15 is 0 Å². The molecule has 0 atom stereocenters. The molecule has 10 heteroatoms. The molecule has 0 aliphatic heterocycles. The van der Waals surface area contributed by atoms with Gasteiger partial charge in [-0.2, -0.15) is 22.8 Å². The lowest BCUT2D eigenvalue weighted by molar-refractivity contribution is -0.137. The molecule has 6 nitrogen and oxygen atoms in total. The van der Waals surface area contributed by atoms with Gasteiger partial charge in [-0.05, 0) is 49.8 Å². The summed E-state index contributed by atoms with van der Waals surface area (Å²) < 4.78 is 59.8. The van der Waals surface area contributed by atoms with Crippen LogP contribution in [-0.2, 0) is 10.2 Å². The maximum Gasteiger partial charge on any atom is 0.387 e. The highest BCUT2D eigenvalue weighted by Gasteiger charge is 2.40. The molecule has 1 saturated carbocycles. The molecule has 0 saturated heterocycles. The highest BCUT2D eigenvalue weighted by molar-refractivity contribution is 5.78. The van der Waals surface area contributed by atoms with Gasteiger partial charge in [-0.3, -0.25) is 9.80 Å². The molecule has 1 amide bonds. The van der Waals surface area contributed by atoms with Gasteiger partial charge in [-0.1, -0.05) is 96.5 Å². The number of carbonyl (C=O) groups excluding carboxylic acids is 1. The van der Waals surface area contributed by atoms with Gasteiger partial charge in [0.25, 0.3) is 0 Å². The first-order chi connectivity index (χ1) is 20.2. The summed E-state index contributed by atoms with van der Waals surface area (Å²) in [4.78, 5) is 12.9. The number of carbonyl (C=O) groups is 1. The molecule has 0 radical (unpaired) electrons. The number of benzene rings is 1. The number of ether oxygens (including phenoxy) is 2. The minimum absolute atomic E-state index is 0.154. The molecule has 1 fully saturated rings. The Bertz CT molecular complexity index is 949. The van der Waals surface area contributed by atoms with Crippen LogP contribution in [0.4, 0.5) is 17.6 Å². The third-order valence-corrected chi connectivity index (χ3v) is 8.37. The number of nitrogens with zero attached hydrogens (tertiary/aromatic N) is 2. The van der Waals surface area contributed by atoms with Crippen molar-refractivity contribution in [3.8, 4) is 17.6 Å². The minimum atomic E-state index is -3.25. The SMILES string of the molecule is CCCCCCCCCCCCCCCCN(N)C(=O)C1CCC(C#N)(c2ccc(OC(F)F)c(OC(F)F)c2)CC1. The van der Waals surface area contributed by atoms with Crippen LogP contribution in [0.25, 0.3) is 0 Å². The number of alkyl halides is 4. The van der Waals surface area contributed by atoms with E-state index in [1.54, 1.807) is 0 Å². The van der Waals surface area contributed by atoms with Crippen LogP contribution in [0.5, 0.6) is 11.5 Å². The lowest BCUT2D eigenvalue weighted by atomic mass is 9.67. The minimum Gasteiger partial charge on any atom is -0.431 e. The number of halogens is 4. The second kappa shape index (κ2) is 19.6. The second-order valence-electron chi connectivity index (χ2n) is 11.5. The van der Waals surface area contributed by atoms with Gasteiger partial charge >= 0.3 is 13.2 Å². The average molecular weight is 600 g/mol. The van der Waals surface area contributed by atoms with Crippen LogP contribution in [0.1, 0.15) is 128 Å². The molecule has 0 aromatic heterocycles. The molecule has 0 unspecified atom stereocenters. The molecule has 1 aliphatic carbocycles. The topological polar surface area (TPSA) is 88.6 Å². The van der Waals surface area contributed by atoms with Crippen LogP contribution in [0.3, 0.4) is 0 Å². The number of hydrazine groups is 1. The number of hydrogen-bond acceptors (Lipinski definition) is 5. The maximum absolute atomic E-state index is 12.9. The Morgan fingerprint density at radius 1 is 0.881 bits per heavy atom. The summed E-state index contributed by atoms with van der Waals surface area (Å²) in [5.41, 5.74) is -0.700. The zero-order chi connectivity index (χ0) is 30.8. The Balaban J connectivity index is 1.70. The second-order valence-corrected chi connectivity index (χ2v) is 11.5. The predicted molar refractivity (Wildman–Crippen MR) is 155 cm³/mol. The van der Waals surface area contributed by atoms with Gasteiger partial charge in [0.1, 0.15) is 0 Å². The number of nitriles is 1. The largest absolute Gasteiger partial charge is 0.431 e. The van der Waals surface area contributed by atoms with Crippen molar-refractivity contribution in [2.75, 3.05) is 6.54 Å². The average Bonchev–Trinajstić information content (AvgIpc) is 2.97. The summed E-state index contributed by atoms with van der Waals surface area (Å²) in [7, 11) is 0. The lowest BCUT2D eigenvalue weighted by Crippen LogP contribution is -2.44. The van der Waals surface area contributed by atoms with Crippen molar-refractivity contribution >= 4 is 5.91 Å². The summed E-state index contributed by atoms with van der Waals surface area (Å²) in [5, 5.41) is 11.3. The Morgan fingerprint density at radius 3 is 1.83 bits per heavy atom. The summed E-state index contributed by atoms with van der Waals surface area (Å²) >= 11 is 0. The van der Waals surface area contributed by atoms with Crippen LogP contribution in [0, 0.1) is 17.2 Å². The van der Waals surface area contributed by atoms with Gasteiger partial charge in [0.2, 0.25) is 5.91 Å². The van der Waals surface area contributed by atoms with Crippen molar-refractivity contribution in [1.82, 2.24) is 5.01 Å². The van der Waals surface area contributed by atoms with Gasteiger partial charge in [0, 0.05) is 12.5 Å². The van der Waals surface area contributed by atoms with Gasteiger partial charge < -0.3 is 9.47 Å². The molecule has 0 heterocycles. The van der Waals surface area contributed by atoms with Crippen LogP contribution >= 0.6 is 0 Å². The van der Waals surface area contributed by atoms with Crippen molar-refractivity contribution in [3.63, 3.8) is 0 Å². The maximum atomic E-state index is 12.9. The van der Waals surface area contributed by atoms with Crippen molar-refractivity contribution < 1.29 is 31.8 Å². The van der Waals surface area contributed by atoms with Crippen molar-refractivity contribution in [2.45, 2.75) is 141 Å². The molecule has 1 aromatic rings. The first-order valence-electron chi connectivity index (χ1n) is 15.7. The quantitative estimate of drug-likeness (QED) is 0.0501. The molecule has 1 aromatic carbocycles. The third-order valence-electron chi connectivity index (χ3n) is 8.37. The van der Waals surface area contributed by atoms with E-state index < -0.39 is 30.1 Å². The number of amides is 1. The van der Waals surface area contributed by atoms with E-state index in [9.17, 15) is 27.6 Å². The van der Waals surface area contributed by atoms with E-state index in [0.29, 0.717) is 37.8 Å². The number of unbranched alkanes of at least 4 members (excludes halogenated alkanes) is 13. The molecular weight excluding hydrogens is 550 g/mol. The van der Waals surface area contributed by atoms with E-state index in [2.05, 4.69) is 22.5 Å². The lowest BCUT2D eigenvalue weighted by Gasteiger charge is -2.36. The van der Waals surface area contributed by atoms with Crippen LogP contribution < -0.4 is 15.3 Å². The van der Waals surface area contributed by atoms with Gasteiger partial charge in [0.05, 0.1) is 11.5 Å². The van der Waals surface area contributed by atoms with Crippen molar-refractivity contribution in [3.05, 3.63) is 23.8 Å². The van der Waals surface area contributed by atoms with Gasteiger partial charge in [0.15, 0.2) is 11.5 Å². The molecule has 238 valence electrons. The third kappa shape index (κ3) is 12.4. The Kier molecular flexibility index (Phi) is 16.6. The molecule has 1 aliphatic rings. The van der Waals surface area contributed by atoms with E-state index in [1.165, 1.54) is 81.7 Å². The summed E-state index contributed by atoms with van der Waals surface area (Å²) in [6, 6.07) is 5.92. The van der Waals surface area contributed by atoms with Crippen LogP contribution in [-0.4, -0.2) is 30.7 Å². The van der Waals surface area contributed by atoms with E-state index in [1.807, 2.05) is 0 Å². The van der Waals surface area contributed by atoms with Gasteiger partial charge in [-0.25, -0.2) is 5.84 Å². The molecule has 2 N–H and O–H groups in total. The summed E-state index contributed by atoms with van der Waals surface area (Å²) in [6.45, 7) is -3.74. The van der Waals surface area contributed by atoms with Gasteiger partial charge in [-0.15, -0.1) is 0 Å². The fourth-order valence-electron chi connectivity index (χ4n) is 5.83. The Hall–Kier alpha value is -2.54. The molecular formula is C32H49F4N3O3. The standard InChI is InChI=1S/C32H49F4N3O3/c1-2-3-4-5-6-7-8-9-10-11-12-13-14-15-22-39(38)29(40)25-18-20-32(24-37,21-19-25)26-16-17-27(41-30(33)34)28(23-26)42-31(35)36/h16-17,23,25,30-31H,2-15,18-22,38H2,1H3. The van der Waals surface area contributed by atoms with Crippen LogP contribution in [0.15, 0.2) is 18.2 Å². The molecule has 0 spiro atoms. The smallest absolute Gasteiger partial charge is 0.387 e. The fourth-order valence-corrected chi connectivity index (χ4v) is 5.83. The Morgan fingerprint density at radius 2 is 1.36 bits per heavy atom. The number of rotatable bonds is 21. The van der Waals surface area contributed by atoms with E-state index in [4.69, 9.17) is 5.84 Å². The van der Waals surface area contributed by atoms with Crippen molar-refractivity contribution in [1.29, 1.82) is 5.26 Å². The highest BCUT2D eigenvalue weighted by Crippen LogP contribution is 2.44. The predicted octanol–water partition coefficient (Wildman–Crippen LogP) is 9.02. The number of hydrogen-bond donors (Lipinski definition) is 1. The first kappa shape index (κ1) is 35.7.